The molecular formula is C22H20O3. The largest absolute Gasteiger partial charge is 0.489 e. The van der Waals surface area contributed by atoms with Gasteiger partial charge < -0.3 is 9.47 Å². The molecule has 0 fully saturated rings. The summed E-state index contributed by atoms with van der Waals surface area (Å²) in [7, 11) is 0. The van der Waals surface area contributed by atoms with Gasteiger partial charge in [0.05, 0.1) is 0 Å². The van der Waals surface area contributed by atoms with Crippen LogP contribution in [-0.2, 0) is 11.4 Å². The fraction of sp³-hybridized carbons (Fsp3) is 0.136. The van der Waals surface area contributed by atoms with Gasteiger partial charge in [0.1, 0.15) is 18.1 Å². The van der Waals surface area contributed by atoms with Crippen LogP contribution in [0.15, 0.2) is 78.9 Å². The van der Waals surface area contributed by atoms with E-state index < -0.39 is 0 Å². The van der Waals surface area contributed by atoms with Gasteiger partial charge >= 0.3 is 5.97 Å². The molecule has 0 saturated heterocycles. The highest BCUT2D eigenvalue weighted by molar-refractivity contribution is 5.78. The van der Waals surface area contributed by atoms with Crippen LogP contribution in [0, 0.1) is 0 Å². The first-order chi connectivity index (χ1) is 12.3. The zero-order chi connectivity index (χ0) is 17.5. The molecule has 0 aliphatic carbocycles. The van der Waals surface area contributed by atoms with E-state index in [9.17, 15) is 4.79 Å². The molecule has 126 valence electrons. The van der Waals surface area contributed by atoms with Crippen molar-refractivity contribution >= 4 is 5.97 Å². The molecule has 0 bridgehead atoms. The molecule has 3 aromatic carbocycles. The summed E-state index contributed by atoms with van der Waals surface area (Å²) in [5, 5.41) is 0. The normalized spacial score (nSPS) is 10.3. The van der Waals surface area contributed by atoms with Crippen molar-refractivity contribution in [1.29, 1.82) is 0 Å². The predicted molar refractivity (Wildman–Crippen MR) is 98.6 cm³/mol. The number of benzene rings is 3. The summed E-state index contributed by atoms with van der Waals surface area (Å²) in [6.45, 7) is 2.31. The number of ether oxygens (including phenoxy) is 2. The van der Waals surface area contributed by atoms with Crippen LogP contribution in [0.4, 0.5) is 0 Å². The molecule has 0 amide bonds. The van der Waals surface area contributed by atoms with Crippen LogP contribution < -0.4 is 9.47 Å². The lowest BCUT2D eigenvalue weighted by molar-refractivity contribution is -0.133. The summed E-state index contributed by atoms with van der Waals surface area (Å²) in [6, 6.07) is 25.4. The number of carbonyl (C=O) groups is 1. The third kappa shape index (κ3) is 4.48. The molecular weight excluding hydrogens is 312 g/mol. The monoisotopic (exact) mass is 332 g/mol. The first kappa shape index (κ1) is 16.8. The average molecular weight is 332 g/mol. The van der Waals surface area contributed by atoms with Crippen molar-refractivity contribution in [3.8, 4) is 22.6 Å². The fourth-order valence-corrected chi connectivity index (χ4v) is 2.46. The molecule has 0 N–H and O–H groups in total. The Morgan fingerprint density at radius 3 is 2.24 bits per heavy atom. The number of hydrogen-bond acceptors (Lipinski definition) is 3. The predicted octanol–water partition coefficient (Wildman–Crippen LogP) is 5.25. The maximum absolute atomic E-state index is 11.6. The molecule has 25 heavy (non-hydrogen) atoms. The smallest absolute Gasteiger partial charge is 0.310 e. The molecule has 0 aliphatic heterocycles. The van der Waals surface area contributed by atoms with E-state index in [1.165, 1.54) is 0 Å². The van der Waals surface area contributed by atoms with Crippen LogP contribution in [-0.4, -0.2) is 5.97 Å². The Labute approximate surface area is 147 Å². The third-order valence-corrected chi connectivity index (χ3v) is 3.81. The Morgan fingerprint density at radius 2 is 1.52 bits per heavy atom. The van der Waals surface area contributed by atoms with E-state index in [1.54, 1.807) is 6.92 Å². The summed E-state index contributed by atoms with van der Waals surface area (Å²) < 4.78 is 11.2. The van der Waals surface area contributed by atoms with Gasteiger partial charge in [-0.1, -0.05) is 67.6 Å². The van der Waals surface area contributed by atoms with Gasteiger partial charge in [-0.25, -0.2) is 0 Å². The zero-order valence-corrected chi connectivity index (χ0v) is 14.1. The molecule has 3 nitrogen and oxygen atoms in total. The third-order valence-electron chi connectivity index (χ3n) is 3.81. The van der Waals surface area contributed by atoms with Gasteiger partial charge in [-0.15, -0.1) is 0 Å². The minimum atomic E-state index is -0.240. The zero-order valence-electron chi connectivity index (χ0n) is 14.1. The molecule has 0 radical (unpaired) electrons. The minimum absolute atomic E-state index is 0.240. The second kappa shape index (κ2) is 8.15. The number of hydrogen-bond donors (Lipinski definition) is 0. The van der Waals surface area contributed by atoms with E-state index in [-0.39, 0.29) is 5.97 Å². The molecule has 0 saturated carbocycles. The van der Waals surface area contributed by atoms with E-state index in [2.05, 4.69) is 0 Å². The van der Waals surface area contributed by atoms with Crippen molar-refractivity contribution < 1.29 is 14.3 Å². The molecule has 3 heteroatoms. The van der Waals surface area contributed by atoms with E-state index in [0.717, 1.165) is 22.4 Å². The SMILES string of the molecule is CCC(=O)Oc1ccccc1-c1ccc(OCc2ccccc2)cc1. The molecule has 3 rings (SSSR count). The van der Waals surface area contributed by atoms with Gasteiger partial charge in [0, 0.05) is 12.0 Å². The molecule has 0 atom stereocenters. The van der Waals surface area contributed by atoms with Crippen molar-refractivity contribution in [3.05, 3.63) is 84.4 Å². The second-order valence-corrected chi connectivity index (χ2v) is 5.62. The average Bonchev–Trinajstić information content (AvgIpc) is 2.68. The summed E-state index contributed by atoms with van der Waals surface area (Å²) in [6.07, 6.45) is 0.348. The number of carbonyl (C=O) groups excluding carboxylic acids is 1. The quantitative estimate of drug-likeness (QED) is 0.457. The lowest BCUT2D eigenvalue weighted by Crippen LogP contribution is -2.06. The lowest BCUT2D eigenvalue weighted by atomic mass is 10.0. The van der Waals surface area contributed by atoms with Crippen molar-refractivity contribution in [3.63, 3.8) is 0 Å². The van der Waals surface area contributed by atoms with Gasteiger partial charge in [0.2, 0.25) is 0 Å². The summed E-state index contributed by atoms with van der Waals surface area (Å²) >= 11 is 0. The highest BCUT2D eigenvalue weighted by Gasteiger charge is 2.09. The lowest BCUT2D eigenvalue weighted by Gasteiger charge is -2.11. The van der Waals surface area contributed by atoms with Crippen LogP contribution >= 0.6 is 0 Å². The van der Waals surface area contributed by atoms with E-state index in [1.807, 2.05) is 78.9 Å². The maximum atomic E-state index is 11.6. The standard InChI is InChI=1S/C22H20O3/c1-2-22(23)25-21-11-7-6-10-20(21)18-12-14-19(15-13-18)24-16-17-8-4-3-5-9-17/h3-15H,2,16H2,1H3. The number of rotatable bonds is 6. The number of esters is 1. The van der Waals surface area contributed by atoms with Crippen molar-refractivity contribution in [1.82, 2.24) is 0 Å². The van der Waals surface area contributed by atoms with Gasteiger partial charge in [-0.3, -0.25) is 4.79 Å². The van der Waals surface area contributed by atoms with Crippen LogP contribution in [0.3, 0.4) is 0 Å². The Hall–Kier alpha value is -3.07. The topological polar surface area (TPSA) is 35.5 Å². The van der Waals surface area contributed by atoms with Gasteiger partial charge in [0.15, 0.2) is 0 Å². The van der Waals surface area contributed by atoms with Gasteiger partial charge in [0.25, 0.3) is 0 Å². The molecule has 0 aromatic heterocycles. The van der Waals surface area contributed by atoms with Crippen LogP contribution in [0.25, 0.3) is 11.1 Å². The molecule has 0 spiro atoms. The van der Waals surface area contributed by atoms with Crippen LogP contribution in [0.2, 0.25) is 0 Å². The maximum Gasteiger partial charge on any atom is 0.310 e. The Kier molecular flexibility index (Phi) is 5.47. The van der Waals surface area contributed by atoms with Crippen molar-refractivity contribution in [2.75, 3.05) is 0 Å². The van der Waals surface area contributed by atoms with Crippen LogP contribution in [0.5, 0.6) is 11.5 Å². The first-order valence-corrected chi connectivity index (χ1v) is 8.33. The molecule has 0 aliphatic rings. The van der Waals surface area contributed by atoms with Gasteiger partial charge in [-0.2, -0.15) is 0 Å². The van der Waals surface area contributed by atoms with Gasteiger partial charge in [-0.05, 0) is 29.3 Å². The molecule has 3 aromatic rings. The second-order valence-electron chi connectivity index (χ2n) is 5.62. The Balaban J connectivity index is 1.73. The van der Waals surface area contributed by atoms with E-state index in [4.69, 9.17) is 9.47 Å². The highest BCUT2D eigenvalue weighted by atomic mass is 16.5. The van der Waals surface area contributed by atoms with Crippen molar-refractivity contribution in [2.45, 2.75) is 20.0 Å². The summed E-state index contributed by atoms with van der Waals surface area (Å²) in [5.74, 6) is 1.14. The minimum Gasteiger partial charge on any atom is -0.489 e. The highest BCUT2D eigenvalue weighted by Crippen LogP contribution is 2.31. The first-order valence-electron chi connectivity index (χ1n) is 8.33. The number of para-hydroxylation sites is 1. The molecule has 0 unspecified atom stereocenters. The fourth-order valence-electron chi connectivity index (χ4n) is 2.46. The van der Waals surface area contributed by atoms with E-state index >= 15 is 0 Å². The van der Waals surface area contributed by atoms with E-state index in [0.29, 0.717) is 18.8 Å². The summed E-state index contributed by atoms with van der Waals surface area (Å²) in [4.78, 5) is 11.6. The van der Waals surface area contributed by atoms with Crippen LogP contribution in [0.1, 0.15) is 18.9 Å². The van der Waals surface area contributed by atoms with Crippen molar-refractivity contribution in [2.24, 2.45) is 0 Å². The molecule has 0 heterocycles. The Morgan fingerprint density at radius 1 is 0.840 bits per heavy atom. The summed E-state index contributed by atoms with van der Waals surface area (Å²) in [5.41, 5.74) is 2.99. The Bertz CT molecular complexity index is 823.